The van der Waals surface area contributed by atoms with E-state index >= 15 is 0 Å². The summed E-state index contributed by atoms with van der Waals surface area (Å²) in [5, 5.41) is 11.2. The van der Waals surface area contributed by atoms with Crippen LogP contribution in [0, 0.1) is 17.0 Å². The zero-order valence-electron chi connectivity index (χ0n) is 14.8. The fraction of sp³-hybridized carbons (Fsp3) is 0.0476. The first-order valence-electron chi connectivity index (χ1n) is 8.45. The van der Waals surface area contributed by atoms with Crippen LogP contribution in [0.4, 0.5) is 5.69 Å². The quantitative estimate of drug-likeness (QED) is 0.290. The number of para-hydroxylation sites is 1. The molecule has 0 radical (unpaired) electrons. The molecule has 0 saturated carbocycles. The van der Waals surface area contributed by atoms with Crippen molar-refractivity contribution in [3.63, 3.8) is 0 Å². The summed E-state index contributed by atoms with van der Waals surface area (Å²) in [4.78, 5) is 27.1. The van der Waals surface area contributed by atoms with Crippen LogP contribution in [0.5, 0.6) is 0 Å². The molecule has 1 aliphatic heterocycles. The van der Waals surface area contributed by atoms with E-state index in [0.29, 0.717) is 17.1 Å². The molecule has 2 aromatic carbocycles. The molecule has 1 aromatic heterocycles. The fourth-order valence-corrected chi connectivity index (χ4v) is 2.89. The van der Waals surface area contributed by atoms with Crippen molar-refractivity contribution in [1.29, 1.82) is 0 Å². The molecule has 0 amide bonds. The molecule has 4 rings (SSSR count). The molecular weight excluding hydrogens is 360 g/mol. The van der Waals surface area contributed by atoms with E-state index in [4.69, 9.17) is 9.15 Å². The number of nitro benzene ring substituents is 1. The molecule has 7 nitrogen and oxygen atoms in total. The van der Waals surface area contributed by atoms with Crippen LogP contribution in [0.25, 0.3) is 17.4 Å². The molecule has 138 valence electrons. The van der Waals surface area contributed by atoms with Crippen LogP contribution < -0.4 is 0 Å². The van der Waals surface area contributed by atoms with E-state index in [2.05, 4.69) is 4.99 Å². The Balaban J connectivity index is 1.67. The van der Waals surface area contributed by atoms with Gasteiger partial charge in [-0.1, -0.05) is 30.3 Å². The van der Waals surface area contributed by atoms with Crippen molar-refractivity contribution in [2.24, 2.45) is 4.99 Å². The van der Waals surface area contributed by atoms with Crippen LogP contribution in [0.1, 0.15) is 16.9 Å². The maximum atomic E-state index is 12.2. The van der Waals surface area contributed by atoms with Gasteiger partial charge in [-0.15, -0.1) is 0 Å². The second-order valence-electron chi connectivity index (χ2n) is 6.13. The lowest BCUT2D eigenvalue weighted by Crippen LogP contribution is -2.06. The molecule has 0 atom stereocenters. The van der Waals surface area contributed by atoms with Crippen LogP contribution in [-0.4, -0.2) is 16.8 Å². The highest BCUT2D eigenvalue weighted by molar-refractivity contribution is 6.13. The van der Waals surface area contributed by atoms with Gasteiger partial charge in [0.2, 0.25) is 5.90 Å². The number of carbonyl (C=O) groups excluding carboxylic acids is 1. The Hall–Kier alpha value is -4.00. The van der Waals surface area contributed by atoms with Crippen molar-refractivity contribution in [3.8, 4) is 11.3 Å². The molecule has 0 saturated heterocycles. The predicted octanol–water partition coefficient (Wildman–Crippen LogP) is 4.51. The number of aliphatic imine (C=N–C) groups is 1. The summed E-state index contributed by atoms with van der Waals surface area (Å²) < 4.78 is 10.9. The smallest absolute Gasteiger partial charge is 0.363 e. The number of aryl methyl sites for hydroxylation is 1. The van der Waals surface area contributed by atoms with E-state index in [1.54, 1.807) is 30.3 Å². The van der Waals surface area contributed by atoms with Crippen LogP contribution in [0.15, 0.2) is 75.8 Å². The first-order valence-corrected chi connectivity index (χ1v) is 8.45. The normalized spacial score (nSPS) is 14.8. The molecule has 0 spiro atoms. The average Bonchev–Trinajstić information content (AvgIpc) is 3.29. The zero-order chi connectivity index (χ0) is 19.7. The molecular formula is C21H14N2O5. The number of ether oxygens (including phenoxy) is 1. The Morgan fingerprint density at radius 1 is 1.00 bits per heavy atom. The van der Waals surface area contributed by atoms with E-state index in [0.717, 1.165) is 11.1 Å². The number of carbonyl (C=O) groups is 1. The van der Waals surface area contributed by atoms with Crippen molar-refractivity contribution in [3.05, 3.63) is 93.4 Å². The lowest BCUT2D eigenvalue weighted by Gasteiger charge is -2.02. The minimum atomic E-state index is -0.582. The van der Waals surface area contributed by atoms with Gasteiger partial charge in [0.05, 0.1) is 10.5 Å². The monoisotopic (exact) mass is 374 g/mol. The van der Waals surface area contributed by atoms with Crippen molar-refractivity contribution in [2.45, 2.75) is 6.92 Å². The van der Waals surface area contributed by atoms with E-state index in [-0.39, 0.29) is 17.3 Å². The minimum Gasteiger partial charge on any atom is -0.456 e. The molecule has 1 aliphatic rings. The van der Waals surface area contributed by atoms with E-state index in [1.165, 1.54) is 12.1 Å². The third kappa shape index (κ3) is 3.21. The summed E-state index contributed by atoms with van der Waals surface area (Å²) in [5.41, 5.74) is 2.07. The Kier molecular flexibility index (Phi) is 4.33. The molecule has 0 N–H and O–H groups in total. The summed E-state index contributed by atoms with van der Waals surface area (Å²) in [5.74, 6) is 0.324. The summed E-state index contributed by atoms with van der Waals surface area (Å²) in [6.07, 6.45) is 1.45. The number of rotatable bonds is 4. The largest absolute Gasteiger partial charge is 0.456 e. The first-order chi connectivity index (χ1) is 13.5. The Morgan fingerprint density at radius 3 is 2.46 bits per heavy atom. The highest BCUT2D eigenvalue weighted by Crippen LogP contribution is 2.31. The number of hydrogen-bond acceptors (Lipinski definition) is 6. The van der Waals surface area contributed by atoms with Crippen molar-refractivity contribution >= 4 is 23.6 Å². The van der Waals surface area contributed by atoms with Gasteiger partial charge in [0, 0.05) is 17.7 Å². The van der Waals surface area contributed by atoms with Gasteiger partial charge < -0.3 is 9.15 Å². The second kappa shape index (κ2) is 6.96. The van der Waals surface area contributed by atoms with Gasteiger partial charge >= 0.3 is 5.97 Å². The average molecular weight is 374 g/mol. The Labute approximate surface area is 159 Å². The van der Waals surface area contributed by atoms with Crippen molar-refractivity contribution in [1.82, 2.24) is 0 Å². The van der Waals surface area contributed by atoms with Gasteiger partial charge in [-0.05, 0) is 36.8 Å². The molecule has 28 heavy (non-hydrogen) atoms. The van der Waals surface area contributed by atoms with Gasteiger partial charge in [0.1, 0.15) is 11.5 Å². The number of furan rings is 1. The Bertz CT molecular complexity index is 1160. The van der Waals surface area contributed by atoms with Crippen LogP contribution in [0.3, 0.4) is 0 Å². The maximum absolute atomic E-state index is 12.2. The topological polar surface area (TPSA) is 94.9 Å². The van der Waals surface area contributed by atoms with E-state index in [9.17, 15) is 14.9 Å². The predicted molar refractivity (Wildman–Crippen MR) is 103 cm³/mol. The molecule has 0 aliphatic carbocycles. The fourth-order valence-electron chi connectivity index (χ4n) is 2.89. The third-order valence-corrected chi connectivity index (χ3v) is 4.27. The maximum Gasteiger partial charge on any atom is 0.363 e. The lowest BCUT2D eigenvalue weighted by molar-refractivity contribution is -0.384. The number of esters is 1. The molecule has 0 fully saturated rings. The number of nitrogens with zero attached hydrogens (tertiary/aromatic N) is 2. The first kappa shape index (κ1) is 17.4. The summed E-state index contributed by atoms with van der Waals surface area (Å²) in [6.45, 7) is 1.90. The summed E-state index contributed by atoms with van der Waals surface area (Å²) >= 11 is 0. The highest BCUT2D eigenvalue weighted by Gasteiger charge is 2.25. The molecule has 7 heteroatoms. The molecule has 3 aromatic rings. The lowest BCUT2D eigenvalue weighted by atomic mass is 10.1. The number of hydrogen-bond donors (Lipinski definition) is 0. The van der Waals surface area contributed by atoms with E-state index in [1.807, 2.05) is 31.2 Å². The van der Waals surface area contributed by atoms with Gasteiger partial charge in [0.15, 0.2) is 5.70 Å². The highest BCUT2D eigenvalue weighted by atomic mass is 16.6. The molecule has 0 bridgehead atoms. The van der Waals surface area contributed by atoms with Crippen LogP contribution >= 0.6 is 0 Å². The van der Waals surface area contributed by atoms with Crippen LogP contribution in [0.2, 0.25) is 0 Å². The van der Waals surface area contributed by atoms with Crippen molar-refractivity contribution in [2.75, 3.05) is 0 Å². The SMILES string of the molecule is Cc1ccccc1C1=N/C(=C\c2ccc(-c3ccccc3[N+](=O)[O-])o2)C(=O)O1. The number of nitro groups is 1. The standard InChI is InChI=1S/C21H14N2O5/c1-13-6-2-3-7-15(13)20-22-17(21(24)28-20)12-14-10-11-19(27-14)16-8-4-5-9-18(16)23(25)26/h2-12H,1H3/b17-12-. The number of benzene rings is 2. The van der Waals surface area contributed by atoms with Crippen molar-refractivity contribution < 1.29 is 18.9 Å². The van der Waals surface area contributed by atoms with Crippen LogP contribution in [-0.2, 0) is 9.53 Å². The third-order valence-electron chi connectivity index (χ3n) is 4.27. The summed E-state index contributed by atoms with van der Waals surface area (Å²) in [7, 11) is 0. The van der Waals surface area contributed by atoms with E-state index < -0.39 is 10.9 Å². The van der Waals surface area contributed by atoms with Gasteiger partial charge in [0.25, 0.3) is 5.69 Å². The van der Waals surface area contributed by atoms with Gasteiger partial charge in [-0.25, -0.2) is 9.79 Å². The molecule has 0 unspecified atom stereocenters. The van der Waals surface area contributed by atoms with Gasteiger partial charge in [-0.2, -0.15) is 0 Å². The summed E-state index contributed by atoms with van der Waals surface area (Å²) in [6, 6.07) is 17.0. The molecule has 2 heterocycles. The second-order valence-corrected chi connectivity index (χ2v) is 6.13. The van der Waals surface area contributed by atoms with Gasteiger partial charge in [-0.3, -0.25) is 10.1 Å². The number of cyclic esters (lactones) is 1. The zero-order valence-corrected chi connectivity index (χ0v) is 14.8. The Morgan fingerprint density at radius 2 is 1.71 bits per heavy atom. The minimum absolute atomic E-state index is 0.0591.